The average Bonchev–Trinajstić information content (AvgIpc) is 2.85. The maximum Gasteiger partial charge on any atom is 0.160 e. The normalized spacial score (nSPS) is 22.0. The molecule has 3 aromatic rings. The van der Waals surface area contributed by atoms with E-state index in [1.165, 1.54) is 17.9 Å². The first-order valence-corrected chi connectivity index (χ1v) is 11.8. The molecule has 3 unspecified atom stereocenters. The molecule has 0 fully saturated rings. The maximum absolute atomic E-state index is 15.0. The van der Waals surface area contributed by atoms with Crippen LogP contribution in [0.25, 0.3) is 22.6 Å². The van der Waals surface area contributed by atoms with E-state index < -0.39 is 0 Å². The third-order valence-corrected chi connectivity index (χ3v) is 7.65. The maximum atomic E-state index is 15.0. The van der Waals surface area contributed by atoms with Crippen molar-refractivity contribution < 1.29 is 4.39 Å². The van der Waals surface area contributed by atoms with Gasteiger partial charge < -0.3 is 5.41 Å². The molecule has 1 aromatic carbocycles. The molecule has 0 aliphatic heterocycles. The Hall–Kier alpha value is -3.21. The summed E-state index contributed by atoms with van der Waals surface area (Å²) in [6.07, 6.45) is 6.81. The predicted octanol–water partition coefficient (Wildman–Crippen LogP) is 6.56. The van der Waals surface area contributed by atoms with Crippen molar-refractivity contribution in [2.45, 2.75) is 52.4 Å². The zero-order chi connectivity index (χ0) is 23.1. The molecular weight excluding hydrogens is 411 g/mol. The van der Waals surface area contributed by atoms with E-state index in [-0.39, 0.29) is 11.7 Å². The molecule has 2 heterocycles. The molecule has 0 spiro atoms. The van der Waals surface area contributed by atoms with Gasteiger partial charge >= 0.3 is 0 Å². The minimum Gasteiger partial charge on any atom is -0.308 e. The predicted molar refractivity (Wildman–Crippen MR) is 130 cm³/mol. The number of nitrogens with one attached hydrogen (secondary N) is 1. The number of hydrogen-bond donors (Lipinski definition) is 1. The van der Waals surface area contributed by atoms with Crippen molar-refractivity contribution >= 4 is 6.21 Å². The van der Waals surface area contributed by atoms with Crippen LogP contribution in [0.1, 0.15) is 56.5 Å². The van der Waals surface area contributed by atoms with E-state index in [1.807, 2.05) is 24.3 Å². The molecule has 3 atom stereocenters. The van der Waals surface area contributed by atoms with Gasteiger partial charge in [0.25, 0.3) is 0 Å². The number of halogens is 1. The van der Waals surface area contributed by atoms with Crippen LogP contribution in [0.2, 0.25) is 0 Å². The van der Waals surface area contributed by atoms with Gasteiger partial charge in [-0.3, -0.25) is 4.98 Å². The Labute approximate surface area is 194 Å². The molecule has 0 bridgehead atoms. The number of aromatic nitrogens is 3. The summed E-state index contributed by atoms with van der Waals surface area (Å²) in [6, 6.07) is 10.9. The first-order valence-electron chi connectivity index (χ1n) is 11.8. The highest BCUT2D eigenvalue weighted by Crippen LogP contribution is 2.50. The smallest absolute Gasteiger partial charge is 0.160 e. The lowest BCUT2D eigenvalue weighted by Gasteiger charge is -2.42. The van der Waals surface area contributed by atoms with E-state index in [4.69, 9.17) is 15.4 Å². The van der Waals surface area contributed by atoms with E-state index in [2.05, 4.69) is 25.8 Å². The molecule has 2 aliphatic rings. The number of allylic oxidation sites excluding steroid dienone is 2. The zero-order valence-electron chi connectivity index (χ0n) is 19.4. The summed E-state index contributed by atoms with van der Waals surface area (Å²) >= 11 is 0. The Morgan fingerprint density at radius 1 is 1.18 bits per heavy atom. The highest BCUT2D eigenvalue weighted by Gasteiger charge is 2.40. The summed E-state index contributed by atoms with van der Waals surface area (Å²) in [5.41, 5.74) is 7.64. The fourth-order valence-corrected chi connectivity index (χ4v) is 5.62. The monoisotopic (exact) mass is 440 g/mol. The van der Waals surface area contributed by atoms with Gasteiger partial charge in [-0.15, -0.1) is 0 Å². The Bertz CT molecular complexity index is 1260. The number of hydrogen-bond acceptors (Lipinski definition) is 4. The van der Waals surface area contributed by atoms with Crippen molar-refractivity contribution in [3.8, 4) is 22.6 Å². The van der Waals surface area contributed by atoms with Crippen LogP contribution in [0.3, 0.4) is 0 Å². The Morgan fingerprint density at radius 3 is 2.76 bits per heavy atom. The number of fused-ring (bicyclic) bond motifs is 3. The van der Waals surface area contributed by atoms with Gasteiger partial charge in [0.15, 0.2) is 5.82 Å². The van der Waals surface area contributed by atoms with E-state index >= 15 is 0 Å². The second-order valence-electron chi connectivity index (χ2n) is 9.28. The number of nitrogens with zero attached hydrogens (tertiary/aromatic N) is 3. The minimum atomic E-state index is -0.261. The van der Waals surface area contributed by atoms with E-state index in [0.717, 1.165) is 53.8 Å². The van der Waals surface area contributed by atoms with Gasteiger partial charge in [-0.2, -0.15) is 0 Å². The second-order valence-corrected chi connectivity index (χ2v) is 9.28. The number of rotatable bonds is 4. The third kappa shape index (κ3) is 3.69. The fourth-order valence-electron chi connectivity index (χ4n) is 5.62. The van der Waals surface area contributed by atoms with Gasteiger partial charge in [0, 0.05) is 40.7 Å². The molecule has 4 nitrogen and oxygen atoms in total. The second kappa shape index (κ2) is 8.62. The lowest BCUT2D eigenvalue weighted by molar-refractivity contribution is 0.271. The van der Waals surface area contributed by atoms with Crippen LogP contribution in [0.4, 0.5) is 4.39 Å². The third-order valence-electron chi connectivity index (χ3n) is 7.65. The van der Waals surface area contributed by atoms with Crippen LogP contribution in [0.15, 0.2) is 53.7 Å². The first kappa shape index (κ1) is 21.6. The molecule has 5 heteroatoms. The molecule has 33 heavy (non-hydrogen) atoms. The fraction of sp³-hybridized carbons (Fsp3) is 0.357. The van der Waals surface area contributed by atoms with Gasteiger partial charge in [0.1, 0.15) is 5.82 Å². The summed E-state index contributed by atoms with van der Waals surface area (Å²) in [5.74, 6) is 1.45. The van der Waals surface area contributed by atoms with Crippen LogP contribution in [-0.4, -0.2) is 21.2 Å². The first-order chi connectivity index (χ1) is 16.0. The number of pyridine rings is 1. The summed E-state index contributed by atoms with van der Waals surface area (Å²) in [4.78, 5) is 14.5. The number of aryl methyl sites for hydroxylation is 1. The van der Waals surface area contributed by atoms with E-state index in [0.29, 0.717) is 28.9 Å². The Kier molecular flexibility index (Phi) is 5.65. The quantitative estimate of drug-likeness (QED) is 0.467. The van der Waals surface area contributed by atoms with Crippen molar-refractivity contribution in [2.24, 2.45) is 11.8 Å². The largest absolute Gasteiger partial charge is 0.308 e. The lowest BCUT2D eigenvalue weighted by Crippen LogP contribution is -2.33. The lowest BCUT2D eigenvalue weighted by atomic mass is 9.63. The molecular formula is C28H29FN4. The minimum absolute atomic E-state index is 0.212. The average molecular weight is 441 g/mol. The summed E-state index contributed by atoms with van der Waals surface area (Å²) in [5, 5.41) is 7.96. The summed E-state index contributed by atoms with van der Waals surface area (Å²) in [7, 11) is 0. The zero-order valence-corrected chi connectivity index (χ0v) is 19.4. The highest BCUT2D eigenvalue weighted by molar-refractivity contribution is 5.78. The van der Waals surface area contributed by atoms with Gasteiger partial charge in [-0.1, -0.05) is 31.6 Å². The van der Waals surface area contributed by atoms with Crippen LogP contribution < -0.4 is 0 Å². The van der Waals surface area contributed by atoms with Gasteiger partial charge in [-0.25, -0.2) is 14.4 Å². The molecule has 0 amide bonds. The van der Waals surface area contributed by atoms with Gasteiger partial charge in [0.05, 0.1) is 11.4 Å². The van der Waals surface area contributed by atoms with Crippen molar-refractivity contribution in [3.63, 3.8) is 0 Å². The molecule has 0 saturated carbocycles. The summed E-state index contributed by atoms with van der Waals surface area (Å²) in [6.45, 7) is 6.51. The van der Waals surface area contributed by atoms with Crippen LogP contribution >= 0.6 is 0 Å². The highest BCUT2D eigenvalue weighted by atomic mass is 19.1. The molecule has 5 rings (SSSR count). The Morgan fingerprint density at radius 2 is 2.00 bits per heavy atom. The molecule has 168 valence electrons. The van der Waals surface area contributed by atoms with Crippen LogP contribution in [-0.2, 0) is 12.8 Å². The molecule has 2 aliphatic carbocycles. The van der Waals surface area contributed by atoms with Crippen molar-refractivity contribution in [3.05, 3.63) is 76.5 Å². The van der Waals surface area contributed by atoms with E-state index in [1.54, 1.807) is 12.3 Å². The van der Waals surface area contributed by atoms with Gasteiger partial charge in [-0.05, 0) is 74.3 Å². The number of benzene rings is 1. The van der Waals surface area contributed by atoms with Crippen LogP contribution in [0.5, 0.6) is 0 Å². The van der Waals surface area contributed by atoms with E-state index in [9.17, 15) is 4.39 Å². The molecule has 2 aromatic heterocycles. The SMILES string of the molecule is CCc1cc(-c2nc(-c3ccccc3F)c3c(n2)C2CC(C=N)=C(C)C(C)C2CC3)ccn1. The molecule has 1 N–H and O–H groups in total. The van der Waals surface area contributed by atoms with Crippen molar-refractivity contribution in [2.75, 3.05) is 0 Å². The Balaban J connectivity index is 1.74. The van der Waals surface area contributed by atoms with Crippen LogP contribution in [0, 0.1) is 23.1 Å². The van der Waals surface area contributed by atoms with Crippen molar-refractivity contribution in [1.82, 2.24) is 15.0 Å². The van der Waals surface area contributed by atoms with Gasteiger partial charge in [0.2, 0.25) is 0 Å². The molecule has 0 radical (unpaired) electrons. The summed E-state index contributed by atoms with van der Waals surface area (Å²) < 4.78 is 15.0. The standard InChI is InChI=1S/C28H29FN4/c1-4-20-13-18(11-12-31-20)28-32-26(22-7-5-6-8-25(22)29)23-10-9-21-17(3)16(2)19(15-30)14-24(21)27(23)33-28/h5-8,11-13,15,17,21,24,30H,4,9-10,14H2,1-3H3. The molecule has 0 saturated heterocycles. The topological polar surface area (TPSA) is 62.5 Å². The van der Waals surface area contributed by atoms with Crippen molar-refractivity contribution in [1.29, 1.82) is 5.41 Å².